The Kier molecular flexibility index (Phi) is 4.96. The number of likely N-dealkylation sites (tertiary alicyclic amines) is 2. The van der Waals surface area contributed by atoms with Crippen LogP contribution in [0.15, 0.2) is 11.3 Å². The number of rotatable bonds is 2. The molecule has 27 heavy (non-hydrogen) atoms. The molecule has 0 aromatic carbocycles. The number of carbonyl (C=O) groups is 3. The lowest BCUT2D eigenvalue weighted by molar-refractivity contribution is -0.141. The molecular weight excluding hydrogens is 352 g/mol. The summed E-state index contributed by atoms with van der Waals surface area (Å²) in [5.74, 6) is -0.432. The van der Waals surface area contributed by atoms with Gasteiger partial charge in [-0.3, -0.25) is 4.79 Å². The van der Waals surface area contributed by atoms with Crippen LogP contribution in [-0.4, -0.2) is 72.8 Å². The second-order valence-corrected chi connectivity index (χ2v) is 8.41. The van der Waals surface area contributed by atoms with Gasteiger partial charge in [0.25, 0.3) is 0 Å². The van der Waals surface area contributed by atoms with Gasteiger partial charge < -0.3 is 24.0 Å². The van der Waals surface area contributed by atoms with E-state index in [-0.39, 0.29) is 30.7 Å². The Labute approximate surface area is 159 Å². The maximum Gasteiger partial charge on any atom is 0.410 e. The third-order valence-corrected chi connectivity index (χ3v) is 5.63. The minimum atomic E-state index is -0.688. The molecule has 8 heteroatoms. The quantitative estimate of drug-likeness (QED) is 0.678. The van der Waals surface area contributed by atoms with E-state index in [9.17, 15) is 14.4 Å². The molecule has 1 unspecified atom stereocenters. The van der Waals surface area contributed by atoms with Crippen molar-refractivity contribution in [1.29, 1.82) is 0 Å². The van der Waals surface area contributed by atoms with Crippen molar-refractivity contribution in [3.05, 3.63) is 11.3 Å². The Morgan fingerprint density at radius 3 is 2.33 bits per heavy atom. The van der Waals surface area contributed by atoms with Crippen LogP contribution in [0.1, 0.15) is 40.5 Å². The Morgan fingerprint density at radius 1 is 1.22 bits per heavy atom. The van der Waals surface area contributed by atoms with Crippen LogP contribution in [0.4, 0.5) is 4.79 Å². The van der Waals surface area contributed by atoms with Crippen molar-refractivity contribution >= 4 is 18.0 Å². The van der Waals surface area contributed by atoms with Crippen LogP contribution < -0.4 is 0 Å². The van der Waals surface area contributed by atoms with Crippen LogP contribution in [0.25, 0.3) is 0 Å². The van der Waals surface area contributed by atoms with Gasteiger partial charge in [0.2, 0.25) is 5.91 Å². The number of ether oxygens (including phenoxy) is 3. The molecule has 2 fully saturated rings. The van der Waals surface area contributed by atoms with Gasteiger partial charge in [-0.15, -0.1) is 0 Å². The zero-order valence-electron chi connectivity index (χ0n) is 16.7. The molecule has 0 bridgehead atoms. The lowest BCUT2D eigenvalue weighted by Crippen LogP contribution is -2.51. The van der Waals surface area contributed by atoms with Crippen LogP contribution in [-0.2, 0) is 23.8 Å². The van der Waals surface area contributed by atoms with Gasteiger partial charge in [-0.1, -0.05) is 0 Å². The number of carbonyl (C=O) groups excluding carboxylic acids is 3. The van der Waals surface area contributed by atoms with Gasteiger partial charge in [0.15, 0.2) is 0 Å². The zero-order chi connectivity index (χ0) is 20.0. The van der Waals surface area contributed by atoms with E-state index in [2.05, 4.69) is 0 Å². The standard InChI is InChI=1S/C19H28N2O6/c1-12-13(11-26-15(12)22)21-10-14(25-5)19(16(21)23)6-8-20(9-7-19)17(24)27-18(2,3)4/h14H,6-11H2,1-5H3. The molecule has 3 aliphatic heterocycles. The van der Waals surface area contributed by atoms with Crippen molar-refractivity contribution in [2.24, 2.45) is 5.41 Å². The number of nitrogens with zero attached hydrogens (tertiary/aromatic N) is 2. The predicted molar refractivity (Wildman–Crippen MR) is 95.6 cm³/mol. The molecule has 2 amide bonds. The highest BCUT2D eigenvalue weighted by atomic mass is 16.6. The fourth-order valence-corrected chi connectivity index (χ4v) is 4.06. The summed E-state index contributed by atoms with van der Waals surface area (Å²) in [4.78, 5) is 40.6. The largest absolute Gasteiger partial charge is 0.456 e. The average molecular weight is 380 g/mol. The first kappa shape index (κ1) is 19.7. The third-order valence-electron chi connectivity index (χ3n) is 5.63. The Balaban J connectivity index is 1.75. The van der Waals surface area contributed by atoms with Crippen molar-refractivity contribution in [2.45, 2.75) is 52.2 Å². The summed E-state index contributed by atoms with van der Waals surface area (Å²) in [7, 11) is 1.60. The fraction of sp³-hybridized carbons (Fsp3) is 0.737. The number of cyclic esters (lactones) is 1. The maximum atomic E-state index is 13.3. The summed E-state index contributed by atoms with van der Waals surface area (Å²) in [6.07, 6.45) is 0.353. The number of methoxy groups -OCH3 is 1. The first-order chi connectivity index (χ1) is 12.6. The Morgan fingerprint density at radius 2 is 1.85 bits per heavy atom. The molecular formula is C19H28N2O6. The molecule has 0 aromatic rings. The average Bonchev–Trinajstić information content (AvgIpc) is 3.05. The molecule has 2 saturated heterocycles. The van der Waals surface area contributed by atoms with Crippen LogP contribution in [0.3, 0.4) is 0 Å². The van der Waals surface area contributed by atoms with Gasteiger partial charge >= 0.3 is 12.1 Å². The number of piperidine rings is 1. The summed E-state index contributed by atoms with van der Waals surface area (Å²) in [6, 6.07) is 0. The van der Waals surface area contributed by atoms with Gasteiger partial charge in [-0.2, -0.15) is 0 Å². The van der Waals surface area contributed by atoms with E-state index in [1.54, 1.807) is 23.8 Å². The molecule has 0 saturated carbocycles. The lowest BCUT2D eigenvalue weighted by Gasteiger charge is -2.40. The van der Waals surface area contributed by atoms with E-state index < -0.39 is 11.0 Å². The molecule has 1 atom stereocenters. The molecule has 0 aliphatic carbocycles. The first-order valence-corrected chi connectivity index (χ1v) is 9.28. The summed E-state index contributed by atoms with van der Waals surface area (Å²) < 4.78 is 16.2. The van der Waals surface area contributed by atoms with Gasteiger partial charge in [0, 0.05) is 20.2 Å². The van der Waals surface area contributed by atoms with Gasteiger partial charge in [0.05, 0.1) is 29.3 Å². The molecule has 8 nitrogen and oxygen atoms in total. The van der Waals surface area contributed by atoms with Crippen LogP contribution in [0, 0.1) is 5.41 Å². The second-order valence-electron chi connectivity index (χ2n) is 8.41. The molecule has 0 aromatic heterocycles. The molecule has 3 rings (SSSR count). The summed E-state index contributed by atoms with van der Waals surface area (Å²) in [5.41, 5.74) is -0.146. The zero-order valence-corrected chi connectivity index (χ0v) is 16.7. The van der Waals surface area contributed by atoms with Crippen molar-refractivity contribution in [1.82, 2.24) is 9.80 Å². The van der Waals surface area contributed by atoms with Crippen molar-refractivity contribution in [3.8, 4) is 0 Å². The maximum absolute atomic E-state index is 13.3. The van der Waals surface area contributed by atoms with E-state index in [0.29, 0.717) is 43.7 Å². The van der Waals surface area contributed by atoms with Crippen LogP contribution in [0.2, 0.25) is 0 Å². The molecule has 0 radical (unpaired) electrons. The van der Waals surface area contributed by atoms with Crippen molar-refractivity contribution in [3.63, 3.8) is 0 Å². The highest BCUT2D eigenvalue weighted by Gasteiger charge is 2.57. The van der Waals surface area contributed by atoms with Gasteiger partial charge in [0.1, 0.15) is 12.2 Å². The smallest absolute Gasteiger partial charge is 0.410 e. The molecule has 0 N–H and O–H groups in total. The molecule has 3 aliphatic rings. The van der Waals surface area contributed by atoms with Crippen molar-refractivity contribution in [2.75, 3.05) is 33.4 Å². The predicted octanol–water partition coefficient (Wildman–Crippen LogP) is 1.69. The fourth-order valence-electron chi connectivity index (χ4n) is 4.06. The Hall–Kier alpha value is -2.09. The number of hydrogen-bond donors (Lipinski definition) is 0. The Bertz CT molecular complexity index is 685. The minimum Gasteiger partial charge on any atom is -0.456 e. The third kappa shape index (κ3) is 3.42. The lowest BCUT2D eigenvalue weighted by atomic mass is 9.75. The summed E-state index contributed by atoms with van der Waals surface area (Å²) in [5, 5.41) is 0. The van der Waals surface area contributed by atoms with Crippen molar-refractivity contribution < 1.29 is 28.6 Å². The number of esters is 1. The highest BCUT2D eigenvalue weighted by Crippen LogP contribution is 2.45. The molecule has 1 spiro atoms. The van der Waals surface area contributed by atoms with E-state index in [0.717, 1.165) is 0 Å². The summed E-state index contributed by atoms with van der Waals surface area (Å²) >= 11 is 0. The number of amides is 2. The molecule has 3 heterocycles. The van der Waals surface area contributed by atoms with E-state index >= 15 is 0 Å². The first-order valence-electron chi connectivity index (χ1n) is 9.28. The second kappa shape index (κ2) is 6.82. The SMILES string of the molecule is COC1CN(C2=C(C)C(=O)OC2)C(=O)C12CCN(C(=O)OC(C)(C)C)CC2. The minimum absolute atomic E-state index is 0.0501. The van der Waals surface area contributed by atoms with E-state index in [1.807, 2.05) is 20.8 Å². The molecule has 150 valence electrons. The summed E-state index contributed by atoms with van der Waals surface area (Å²) in [6.45, 7) is 8.54. The van der Waals surface area contributed by atoms with Crippen LogP contribution >= 0.6 is 0 Å². The van der Waals surface area contributed by atoms with Crippen LogP contribution in [0.5, 0.6) is 0 Å². The van der Waals surface area contributed by atoms with Gasteiger partial charge in [-0.05, 0) is 40.5 Å². The van der Waals surface area contributed by atoms with Gasteiger partial charge in [-0.25, -0.2) is 9.59 Å². The van der Waals surface area contributed by atoms with E-state index in [1.165, 1.54) is 0 Å². The highest BCUT2D eigenvalue weighted by molar-refractivity contribution is 5.94. The topological polar surface area (TPSA) is 85.4 Å². The monoisotopic (exact) mass is 380 g/mol. The normalized spacial score (nSPS) is 25.4. The van der Waals surface area contributed by atoms with E-state index in [4.69, 9.17) is 14.2 Å². The number of hydrogen-bond acceptors (Lipinski definition) is 6.